The standard InChI is InChI=1S/C12H19FN2O3S/c1-8(3-4-16)7-15-19(17,18)10-5-9(2)12(13)11(14)6-10/h5-6,8,15-16H,3-4,7,14H2,1-2H3. The van der Waals surface area contributed by atoms with Gasteiger partial charge in [0.2, 0.25) is 10.0 Å². The molecule has 0 fully saturated rings. The number of sulfonamides is 1. The molecule has 0 aromatic heterocycles. The van der Waals surface area contributed by atoms with Crippen LogP contribution in [0.2, 0.25) is 0 Å². The number of nitrogens with two attached hydrogens (primary N) is 1. The lowest BCUT2D eigenvalue weighted by Crippen LogP contribution is -2.29. The van der Waals surface area contributed by atoms with Crippen LogP contribution >= 0.6 is 0 Å². The molecule has 0 aliphatic rings. The van der Waals surface area contributed by atoms with Crippen LogP contribution in [0.4, 0.5) is 10.1 Å². The number of hydrogen-bond donors (Lipinski definition) is 3. The average Bonchev–Trinajstić information content (AvgIpc) is 2.33. The largest absolute Gasteiger partial charge is 0.396 e. The van der Waals surface area contributed by atoms with E-state index in [9.17, 15) is 12.8 Å². The van der Waals surface area contributed by atoms with Gasteiger partial charge < -0.3 is 10.8 Å². The fourth-order valence-electron chi connectivity index (χ4n) is 1.58. The van der Waals surface area contributed by atoms with Crippen LogP contribution in [0.15, 0.2) is 17.0 Å². The Bertz CT molecular complexity index is 523. The van der Waals surface area contributed by atoms with Gasteiger partial charge in [0.1, 0.15) is 5.82 Å². The first-order valence-electron chi connectivity index (χ1n) is 5.94. The van der Waals surface area contributed by atoms with E-state index in [1.807, 2.05) is 6.92 Å². The highest BCUT2D eigenvalue weighted by atomic mass is 32.2. The minimum Gasteiger partial charge on any atom is -0.396 e. The lowest BCUT2D eigenvalue weighted by atomic mass is 10.1. The average molecular weight is 290 g/mol. The Morgan fingerprint density at radius 2 is 2.11 bits per heavy atom. The lowest BCUT2D eigenvalue weighted by Gasteiger charge is -2.13. The Balaban J connectivity index is 2.89. The van der Waals surface area contributed by atoms with Crippen LogP contribution in [-0.2, 0) is 10.0 Å². The van der Waals surface area contributed by atoms with Crippen molar-refractivity contribution < 1.29 is 17.9 Å². The molecule has 0 heterocycles. The quantitative estimate of drug-likeness (QED) is 0.682. The second-order valence-corrected chi connectivity index (χ2v) is 6.38. The van der Waals surface area contributed by atoms with Crippen molar-refractivity contribution in [1.29, 1.82) is 0 Å². The summed E-state index contributed by atoms with van der Waals surface area (Å²) in [5, 5.41) is 8.75. The van der Waals surface area contributed by atoms with E-state index in [0.717, 1.165) is 6.07 Å². The minimum absolute atomic E-state index is 0.00546. The number of hydrogen-bond acceptors (Lipinski definition) is 4. The highest BCUT2D eigenvalue weighted by Gasteiger charge is 2.18. The van der Waals surface area contributed by atoms with Gasteiger partial charge in [0, 0.05) is 13.2 Å². The summed E-state index contributed by atoms with van der Waals surface area (Å²) in [6.07, 6.45) is 0.507. The third-order valence-corrected chi connectivity index (χ3v) is 4.21. The van der Waals surface area contributed by atoms with Crippen molar-refractivity contribution in [2.24, 2.45) is 5.92 Å². The van der Waals surface area contributed by atoms with Crippen molar-refractivity contribution >= 4 is 15.7 Å². The Hall–Kier alpha value is -1.18. The van der Waals surface area contributed by atoms with Crippen LogP contribution in [0.1, 0.15) is 18.9 Å². The Kier molecular flexibility index (Phi) is 5.28. The van der Waals surface area contributed by atoms with Crippen LogP contribution in [0.25, 0.3) is 0 Å². The molecule has 19 heavy (non-hydrogen) atoms. The van der Waals surface area contributed by atoms with E-state index in [0.29, 0.717) is 6.42 Å². The molecule has 0 amide bonds. The second-order valence-electron chi connectivity index (χ2n) is 4.61. The number of aliphatic hydroxyl groups is 1. The lowest BCUT2D eigenvalue weighted by molar-refractivity contribution is 0.263. The molecular formula is C12H19FN2O3S. The van der Waals surface area contributed by atoms with Gasteiger partial charge in [0.05, 0.1) is 10.6 Å². The van der Waals surface area contributed by atoms with Crippen LogP contribution in [0.5, 0.6) is 0 Å². The fourth-order valence-corrected chi connectivity index (χ4v) is 2.86. The summed E-state index contributed by atoms with van der Waals surface area (Å²) in [5.41, 5.74) is 5.41. The normalized spacial score (nSPS) is 13.5. The molecule has 1 aromatic carbocycles. The molecule has 0 radical (unpaired) electrons. The molecule has 0 bridgehead atoms. The first kappa shape index (κ1) is 15.9. The van der Waals surface area contributed by atoms with E-state index in [1.165, 1.54) is 13.0 Å². The maximum Gasteiger partial charge on any atom is 0.240 e. The SMILES string of the molecule is Cc1cc(S(=O)(=O)NCC(C)CCO)cc(N)c1F. The number of aryl methyl sites for hydroxylation is 1. The molecule has 1 rings (SSSR count). The maximum atomic E-state index is 13.3. The summed E-state index contributed by atoms with van der Waals surface area (Å²) in [5.74, 6) is -0.591. The van der Waals surface area contributed by atoms with Gasteiger partial charge in [-0.05, 0) is 37.0 Å². The van der Waals surface area contributed by atoms with E-state index in [4.69, 9.17) is 10.8 Å². The van der Waals surface area contributed by atoms with E-state index >= 15 is 0 Å². The van der Waals surface area contributed by atoms with E-state index in [1.54, 1.807) is 0 Å². The second kappa shape index (κ2) is 6.31. The van der Waals surface area contributed by atoms with E-state index < -0.39 is 15.8 Å². The first-order valence-corrected chi connectivity index (χ1v) is 7.42. The molecule has 4 N–H and O–H groups in total. The van der Waals surface area contributed by atoms with Gasteiger partial charge in [0.25, 0.3) is 0 Å². The molecule has 5 nitrogen and oxygen atoms in total. The zero-order valence-corrected chi connectivity index (χ0v) is 11.8. The van der Waals surface area contributed by atoms with Gasteiger partial charge >= 0.3 is 0 Å². The third kappa shape index (κ3) is 4.15. The van der Waals surface area contributed by atoms with Crippen molar-refractivity contribution in [2.45, 2.75) is 25.2 Å². The minimum atomic E-state index is -3.71. The van der Waals surface area contributed by atoms with E-state index in [2.05, 4.69) is 4.72 Å². The van der Waals surface area contributed by atoms with Gasteiger partial charge in [-0.3, -0.25) is 0 Å². The Morgan fingerprint density at radius 1 is 1.47 bits per heavy atom. The monoisotopic (exact) mass is 290 g/mol. The van der Waals surface area contributed by atoms with Crippen molar-refractivity contribution in [2.75, 3.05) is 18.9 Å². The molecule has 7 heteroatoms. The summed E-state index contributed by atoms with van der Waals surface area (Å²) >= 11 is 0. The first-order chi connectivity index (χ1) is 8.77. The van der Waals surface area contributed by atoms with Crippen molar-refractivity contribution in [3.05, 3.63) is 23.5 Å². The van der Waals surface area contributed by atoms with Gasteiger partial charge in [-0.15, -0.1) is 0 Å². The van der Waals surface area contributed by atoms with E-state index in [-0.39, 0.29) is 35.2 Å². The van der Waals surface area contributed by atoms with Crippen LogP contribution in [0, 0.1) is 18.7 Å². The zero-order valence-electron chi connectivity index (χ0n) is 11.0. The highest BCUT2D eigenvalue weighted by molar-refractivity contribution is 7.89. The smallest absolute Gasteiger partial charge is 0.240 e. The fraction of sp³-hybridized carbons (Fsp3) is 0.500. The van der Waals surface area contributed by atoms with Gasteiger partial charge in [-0.1, -0.05) is 6.92 Å². The van der Waals surface area contributed by atoms with Gasteiger partial charge in [-0.2, -0.15) is 0 Å². The summed E-state index contributed by atoms with van der Waals surface area (Å²) in [7, 11) is -3.71. The molecule has 1 aromatic rings. The number of rotatable bonds is 6. The molecule has 0 saturated heterocycles. The zero-order chi connectivity index (χ0) is 14.6. The van der Waals surface area contributed by atoms with Crippen LogP contribution < -0.4 is 10.5 Å². The Morgan fingerprint density at radius 3 is 2.63 bits per heavy atom. The molecule has 0 aliphatic carbocycles. The van der Waals surface area contributed by atoms with Crippen LogP contribution in [0.3, 0.4) is 0 Å². The number of benzene rings is 1. The van der Waals surface area contributed by atoms with Crippen molar-refractivity contribution in [3.63, 3.8) is 0 Å². The van der Waals surface area contributed by atoms with Gasteiger partial charge in [-0.25, -0.2) is 17.5 Å². The molecule has 0 aliphatic heterocycles. The summed E-state index contributed by atoms with van der Waals surface area (Å²) in [4.78, 5) is -0.0555. The number of anilines is 1. The van der Waals surface area contributed by atoms with Gasteiger partial charge in [0.15, 0.2) is 0 Å². The third-order valence-electron chi connectivity index (χ3n) is 2.81. The molecule has 1 atom stereocenters. The topological polar surface area (TPSA) is 92.4 Å². The molecule has 1 unspecified atom stereocenters. The maximum absolute atomic E-state index is 13.3. The molecular weight excluding hydrogens is 271 g/mol. The summed E-state index contributed by atoms with van der Waals surface area (Å²) in [6.45, 7) is 3.49. The number of aliphatic hydroxyl groups excluding tert-OH is 1. The highest BCUT2D eigenvalue weighted by Crippen LogP contribution is 2.20. The number of nitrogens with one attached hydrogen (secondary N) is 1. The predicted molar refractivity (Wildman–Crippen MR) is 71.6 cm³/mol. The Labute approximate surface area is 112 Å². The predicted octanol–water partition coefficient (Wildman–Crippen LogP) is 1.01. The van der Waals surface area contributed by atoms with Crippen molar-refractivity contribution in [3.8, 4) is 0 Å². The summed E-state index contributed by atoms with van der Waals surface area (Å²) in [6, 6.07) is 2.34. The molecule has 0 saturated carbocycles. The molecule has 108 valence electrons. The molecule has 0 spiro atoms. The van der Waals surface area contributed by atoms with Crippen molar-refractivity contribution in [1.82, 2.24) is 4.72 Å². The number of nitrogen functional groups attached to an aromatic ring is 1. The summed E-state index contributed by atoms with van der Waals surface area (Å²) < 4.78 is 39.8. The van der Waals surface area contributed by atoms with Crippen LogP contribution in [-0.4, -0.2) is 26.7 Å². The number of halogens is 1.